The van der Waals surface area contributed by atoms with Crippen LogP contribution in [0.15, 0.2) is 60.7 Å². The molecule has 2 aromatic rings. The Kier molecular flexibility index (Phi) is 13.0. The van der Waals surface area contributed by atoms with Gasteiger partial charge in [0.1, 0.15) is 23.7 Å². The molecule has 0 spiro atoms. The monoisotopic (exact) mass is 617 g/mol. The zero-order chi connectivity index (χ0) is 31.5. The van der Waals surface area contributed by atoms with Gasteiger partial charge in [0.05, 0.1) is 12.5 Å². The van der Waals surface area contributed by atoms with Crippen molar-refractivity contribution in [1.29, 1.82) is 0 Å². The Balaban J connectivity index is 1.89. The number of rotatable bonds is 15. The van der Waals surface area contributed by atoms with Crippen LogP contribution in [0.4, 0.5) is 0 Å². The van der Waals surface area contributed by atoms with E-state index in [9.17, 15) is 15.0 Å². The van der Waals surface area contributed by atoms with Crippen LogP contribution in [0.2, 0.25) is 5.04 Å². The fourth-order valence-corrected chi connectivity index (χ4v) is 11.4. The minimum absolute atomic E-state index is 0.0678. The van der Waals surface area contributed by atoms with E-state index in [-0.39, 0.29) is 18.5 Å². The lowest BCUT2D eigenvalue weighted by Gasteiger charge is -2.46. The van der Waals surface area contributed by atoms with E-state index in [1.54, 1.807) is 6.92 Å². The summed E-state index contributed by atoms with van der Waals surface area (Å²) in [6.07, 6.45) is 2.49. The van der Waals surface area contributed by atoms with Crippen molar-refractivity contribution < 1.29 is 30.3 Å². The summed E-state index contributed by atoms with van der Waals surface area (Å²) in [7, 11) is -2.94. The highest BCUT2D eigenvalue weighted by Crippen LogP contribution is 2.38. The van der Waals surface area contributed by atoms with E-state index in [0.29, 0.717) is 0 Å². The van der Waals surface area contributed by atoms with Gasteiger partial charge in [-0.1, -0.05) is 134 Å². The molecule has 0 aromatic heterocycles. The molecule has 2 N–H and O–H groups in total. The van der Waals surface area contributed by atoms with E-state index in [0.717, 1.165) is 29.0 Å². The molecule has 2 aromatic carbocycles. The number of ether oxygens (including phenoxy) is 2. The Bertz CT molecular complexity index is 1050. The van der Waals surface area contributed by atoms with Gasteiger partial charge in [-0.2, -0.15) is 0 Å². The molecule has 42 heavy (non-hydrogen) atoms. The molecular formula is C34H52O6SSi. The third kappa shape index (κ3) is 8.70. The lowest BCUT2D eigenvalue weighted by Crippen LogP contribution is -2.68. The number of aliphatic hydroxyl groups is 2. The summed E-state index contributed by atoms with van der Waals surface area (Å²) >= 11 is 1.49. The molecule has 1 saturated heterocycles. The fraction of sp³-hybridized carbons (Fsp3) is 0.618. The molecule has 6 atom stereocenters. The van der Waals surface area contributed by atoms with Gasteiger partial charge in [0, 0.05) is 1.37 Å². The van der Waals surface area contributed by atoms with Crippen LogP contribution in [0.5, 0.6) is 0 Å². The van der Waals surface area contributed by atoms with Gasteiger partial charge in [0.15, 0.2) is 6.10 Å². The van der Waals surface area contributed by atoms with Crippen molar-refractivity contribution in [1.82, 2.24) is 0 Å². The Morgan fingerprint density at radius 2 is 1.55 bits per heavy atom. The average Bonchev–Trinajstić information content (AvgIpc) is 3.00. The molecule has 2 unspecified atom stereocenters. The molecule has 1 heterocycles. The maximum absolute atomic E-state index is 12.8. The number of aliphatic hydroxyl groups excluding tert-OH is 2. The quantitative estimate of drug-likeness (QED) is 0.151. The van der Waals surface area contributed by atoms with Crippen LogP contribution in [0, 0.1) is 5.92 Å². The van der Waals surface area contributed by atoms with Crippen LogP contribution < -0.4 is 10.4 Å². The predicted molar refractivity (Wildman–Crippen MR) is 175 cm³/mol. The first-order chi connectivity index (χ1) is 20.6. The molecule has 0 amide bonds. The second kappa shape index (κ2) is 16.4. The van der Waals surface area contributed by atoms with Gasteiger partial charge in [-0.15, -0.1) is 11.8 Å². The normalized spacial score (nSPS) is 24.2. The average molecular weight is 618 g/mol. The van der Waals surface area contributed by atoms with Gasteiger partial charge < -0.3 is 24.1 Å². The zero-order valence-electron chi connectivity index (χ0n) is 27.0. The predicted octanol–water partition coefficient (Wildman–Crippen LogP) is 5.67. The summed E-state index contributed by atoms with van der Waals surface area (Å²) in [4.78, 5) is 12.8. The van der Waals surface area contributed by atoms with E-state index >= 15 is 0 Å². The molecule has 0 saturated carbocycles. The fourth-order valence-electron chi connectivity index (χ4n) is 5.62. The number of thioether (sulfide) groups is 1. The van der Waals surface area contributed by atoms with E-state index < -0.39 is 50.1 Å². The smallest absolute Gasteiger partial charge is 0.308 e. The number of esters is 1. The maximum atomic E-state index is 12.8. The summed E-state index contributed by atoms with van der Waals surface area (Å²) in [6.45, 7) is 10.3. The Hall–Kier alpha value is -1.68. The first kappa shape index (κ1) is 33.2. The molecule has 6 nitrogen and oxygen atoms in total. The maximum Gasteiger partial charge on any atom is 0.308 e. The Labute approximate surface area is 260 Å². The number of hydrogen-bond donors (Lipinski definition) is 2. The summed E-state index contributed by atoms with van der Waals surface area (Å²) in [6, 6.07) is 20.5. The summed E-state index contributed by atoms with van der Waals surface area (Å²) in [5, 5.41) is 24.3. The van der Waals surface area contributed by atoms with E-state index in [4.69, 9.17) is 15.3 Å². The van der Waals surface area contributed by atoms with E-state index in [1.807, 2.05) is 36.4 Å². The number of hydrogen-bond acceptors (Lipinski definition) is 7. The first-order valence-electron chi connectivity index (χ1n) is 16.2. The van der Waals surface area contributed by atoms with Crippen LogP contribution in [0.3, 0.4) is 0 Å². The lowest BCUT2D eigenvalue weighted by atomic mass is 10.00. The zero-order valence-corrected chi connectivity index (χ0v) is 27.9. The molecule has 1 aliphatic heterocycles. The summed E-state index contributed by atoms with van der Waals surface area (Å²) in [5.74, 6) is -0.464. The van der Waals surface area contributed by atoms with Gasteiger partial charge in [-0.3, -0.25) is 4.79 Å². The van der Waals surface area contributed by atoms with Crippen LogP contribution in [0.25, 0.3) is 0 Å². The SMILES string of the molecule is [2H]CC(C)C(=O)O[C@H]1[C@H](O)[C@@H](O)C(SCCCCCCCC)O[C@@H]1CO[Si](c1ccccc1)(c1ccccc1)C(C)(C)C. The van der Waals surface area contributed by atoms with Gasteiger partial charge in [0.2, 0.25) is 0 Å². The van der Waals surface area contributed by atoms with Crippen LogP contribution in [-0.2, 0) is 18.7 Å². The molecular weight excluding hydrogens is 565 g/mol. The van der Waals surface area contributed by atoms with Crippen molar-refractivity contribution in [2.45, 2.75) is 115 Å². The van der Waals surface area contributed by atoms with Gasteiger partial charge in [-0.05, 0) is 27.6 Å². The topological polar surface area (TPSA) is 85.2 Å². The van der Waals surface area contributed by atoms with Crippen LogP contribution >= 0.6 is 11.8 Å². The molecule has 1 aliphatic rings. The number of carbonyl (C=O) groups excluding carboxylic acids is 1. The van der Waals surface area contributed by atoms with E-state index in [1.165, 1.54) is 37.4 Å². The highest BCUT2D eigenvalue weighted by atomic mass is 32.2. The molecule has 1 fully saturated rings. The van der Waals surface area contributed by atoms with Crippen molar-refractivity contribution in [2.75, 3.05) is 12.4 Å². The second-order valence-electron chi connectivity index (χ2n) is 12.4. The van der Waals surface area contributed by atoms with Crippen LogP contribution in [-0.4, -0.2) is 66.7 Å². The minimum atomic E-state index is -2.94. The Morgan fingerprint density at radius 3 is 2.10 bits per heavy atom. The first-order valence-corrected chi connectivity index (χ1v) is 18.4. The minimum Gasteiger partial charge on any atom is -0.456 e. The molecule has 0 bridgehead atoms. The van der Waals surface area contributed by atoms with Crippen LogP contribution in [0.1, 0.15) is 81.4 Å². The molecule has 234 valence electrons. The molecule has 0 aliphatic carbocycles. The number of benzene rings is 2. The van der Waals surface area contributed by atoms with E-state index in [2.05, 4.69) is 52.0 Å². The van der Waals surface area contributed by atoms with Crippen molar-refractivity contribution >= 4 is 36.4 Å². The highest BCUT2D eigenvalue weighted by Gasteiger charge is 2.53. The van der Waals surface area contributed by atoms with Gasteiger partial charge in [-0.25, -0.2) is 0 Å². The Morgan fingerprint density at radius 1 is 0.976 bits per heavy atom. The van der Waals surface area contributed by atoms with Crippen molar-refractivity contribution in [3.63, 3.8) is 0 Å². The summed E-state index contributed by atoms with van der Waals surface area (Å²) in [5.41, 5.74) is -0.679. The summed E-state index contributed by atoms with van der Waals surface area (Å²) < 4.78 is 26.9. The van der Waals surface area contributed by atoms with Crippen molar-refractivity contribution in [2.24, 2.45) is 5.92 Å². The largest absolute Gasteiger partial charge is 0.456 e. The van der Waals surface area contributed by atoms with Gasteiger partial charge >= 0.3 is 5.97 Å². The molecule has 8 heteroatoms. The highest BCUT2D eigenvalue weighted by molar-refractivity contribution is 7.99. The number of carbonyl (C=O) groups is 1. The number of unbranched alkanes of at least 4 members (excludes halogenated alkanes) is 5. The third-order valence-corrected chi connectivity index (χ3v) is 14.2. The third-order valence-electron chi connectivity index (χ3n) is 7.96. The lowest BCUT2D eigenvalue weighted by molar-refractivity contribution is -0.221. The standard InChI is InChI=1S/C34H52O6SSi/c1-7-8-9-10-11-18-23-41-33-30(36)29(35)31(40-32(37)25(2)3)28(39-33)24-38-42(34(4,5)6,26-19-14-12-15-20-26)27-21-16-13-17-22-27/h12-17,19-22,25,28-31,33,35-36H,7-11,18,23-24H2,1-6H3/t28-,29-,30-,31-,33?/m1/s1/i2D/t25?,28-,29-,30-,31-,33?. The second-order valence-corrected chi connectivity index (χ2v) is 18.0. The van der Waals surface area contributed by atoms with Crippen molar-refractivity contribution in [3.8, 4) is 0 Å². The molecule has 0 radical (unpaired) electrons. The van der Waals surface area contributed by atoms with Gasteiger partial charge in [0.25, 0.3) is 8.32 Å². The van der Waals surface area contributed by atoms with Crippen molar-refractivity contribution in [3.05, 3.63) is 60.7 Å². The molecule has 3 rings (SSSR count).